The standard InChI is InChI=1S/C13H15F3N2O4/c1-7(2)10(12(20)21)18-11(19)8-3-4-9(17-5-8)22-6-13(14,15)16/h3-5,7,10H,6H2,1-2H3,(H,18,19)(H,20,21). The average molecular weight is 320 g/mol. The van der Waals surface area contributed by atoms with Crippen LogP contribution in [0.4, 0.5) is 13.2 Å². The molecule has 1 atom stereocenters. The van der Waals surface area contributed by atoms with Crippen LogP contribution in [-0.2, 0) is 4.79 Å². The Morgan fingerprint density at radius 3 is 2.41 bits per heavy atom. The van der Waals surface area contributed by atoms with Crippen LogP contribution in [0.2, 0.25) is 0 Å². The molecule has 0 fully saturated rings. The number of aromatic nitrogens is 1. The van der Waals surface area contributed by atoms with E-state index in [9.17, 15) is 22.8 Å². The van der Waals surface area contributed by atoms with E-state index in [0.717, 1.165) is 12.3 Å². The first-order valence-electron chi connectivity index (χ1n) is 6.29. The number of alkyl halides is 3. The van der Waals surface area contributed by atoms with Gasteiger partial charge in [-0.05, 0) is 12.0 Å². The highest BCUT2D eigenvalue weighted by Gasteiger charge is 2.28. The fraction of sp³-hybridized carbons (Fsp3) is 0.462. The molecule has 6 nitrogen and oxygen atoms in total. The number of nitrogens with one attached hydrogen (secondary N) is 1. The van der Waals surface area contributed by atoms with Crippen molar-refractivity contribution >= 4 is 11.9 Å². The second-order valence-electron chi connectivity index (χ2n) is 4.82. The zero-order valence-corrected chi connectivity index (χ0v) is 11.8. The van der Waals surface area contributed by atoms with Crippen molar-refractivity contribution in [2.75, 3.05) is 6.61 Å². The molecule has 0 saturated carbocycles. The first kappa shape index (κ1) is 17.7. The van der Waals surface area contributed by atoms with Crippen molar-refractivity contribution in [1.29, 1.82) is 0 Å². The fourth-order valence-corrected chi connectivity index (χ4v) is 1.49. The van der Waals surface area contributed by atoms with Crippen molar-refractivity contribution in [3.63, 3.8) is 0 Å². The number of carbonyl (C=O) groups excluding carboxylic acids is 1. The minimum atomic E-state index is -4.48. The first-order chi connectivity index (χ1) is 10.1. The smallest absolute Gasteiger partial charge is 0.422 e. The normalized spacial score (nSPS) is 12.8. The Morgan fingerprint density at radius 1 is 1.36 bits per heavy atom. The van der Waals surface area contributed by atoms with Crippen LogP contribution < -0.4 is 10.1 Å². The van der Waals surface area contributed by atoms with E-state index in [4.69, 9.17) is 5.11 Å². The fourth-order valence-electron chi connectivity index (χ4n) is 1.49. The zero-order chi connectivity index (χ0) is 16.9. The predicted octanol–water partition coefficient (Wildman–Crippen LogP) is 1.86. The Balaban J connectivity index is 2.69. The molecule has 2 N–H and O–H groups in total. The van der Waals surface area contributed by atoms with Crippen LogP contribution in [-0.4, -0.2) is 40.8 Å². The number of hydrogen-bond acceptors (Lipinski definition) is 4. The van der Waals surface area contributed by atoms with E-state index in [1.54, 1.807) is 13.8 Å². The van der Waals surface area contributed by atoms with Crippen LogP contribution >= 0.6 is 0 Å². The lowest BCUT2D eigenvalue weighted by molar-refractivity contribution is -0.154. The van der Waals surface area contributed by atoms with E-state index in [-0.39, 0.29) is 17.4 Å². The molecule has 0 aliphatic heterocycles. The molecule has 1 aromatic heterocycles. The highest BCUT2D eigenvalue weighted by molar-refractivity contribution is 5.96. The van der Waals surface area contributed by atoms with Crippen molar-refractivity contribution in [2.24, 2.45) is 5.92 Å². The summed E-state index contributed by atoms with van der Waals surface area (Å²) in [5, 5.41) is 11.3. The third-order valence-electron chi connectivity index (χ3n) is 2.60. The van der Waals surface area contributed by atoms with E-state index < -0.39 is 30.7 Å². The summed E-state index contributed by atoms with van der Waals surface area (Å²) in [5.41, 5.74) is 0.0197. The van der Waals surface area contributed by atoms with Crippen molar-refractivity contribution in [3.05, 3.63) is 23.9 Å². The van der Waals surface area contributed by atoms with Crippen LogP contribution in [0.15, 0.2) is 18.3 Å². The van der Waals surface area contributed by atoms with Crippen molar-refractivity contribution in [1.82, 2.24) is 10.3 Å². The molecule has 0 spiro atoms. The second-order valence-corrected chi connectivity index (χ2v) is 4.82. The SMILES string of the molecule is CC(C)C(NC(=O)c1ccc(OCC(F)(F)F)nc1)C(=O)O. The summed E-state index contributed by atoms with van der Waals surface area (Å²) in [4.78, 5) is 26.4. The lowest BCUT2D eigenvalue weighted by Gasteiger charge is -2.17. The van der Waals surface area contributed by atoms with E-state index in [2.05, 4.69) is 15.0 Å². The molecule has 122 valence electrons. The summed E-state index contributed by atoms with van der Waals surface area (Å²) in [6.45, 7) is 1.77. The molecule has 0 aliphatic carbocycles. The number of carboxylic acid groups (broad SMARTS) is 1. The summed E-state index contributed by atoms with van der Waals surface area (Å²) in [7, 11) is 0. The molecule has 0 aromatic carbocycles. The molecular formula is C13H15F3N2O4. The number of halogens is 3. The monoisotopic (exact) mass is 320 g/mol. The molecule has 1 aromatic rings. The average Bonchev–Trinajstić information content (AvgIpc) is 2.41. The Hall–Kier alpha value is -2.32. The van der Waals surface area contributed by atoms with Gasteiger partial charge in [0.05, 0.1) is 5.56 Å². The Kier molecular flexibility index (Phi) is 5.72. The van der Waals surface area contributed by atoms with Gasteiger partial charge in [-0.3, -0.25) is 4.79 Å². The van der Waals surface area contributed by atoms with Gasteiger partial charge in [-0.15, -0.1) is 0 Å². The number of aliphatic carboxylic acids is 1. The van der Waals surface area contributed by atoms with Crippen LogP contribution in [0, 0.1) is 5.92 Å². The van der Waals surface area contributed by atoms with E-state index in [1.807, 2.05) is 0 Å². The number of hydrogen-bond donors (Lipinski definition) is 2. The quantitative estimate of drug-likeness (QED) is 0.835. The third kappa shape index (κ3) is 5.58. The molecule has 0 bridgehead atoms. The lowest BCUT2D eigenvalue weighted by atomic mass is 10.0. The van der Waals surface area contributed by atoms with Crippen LogP contribution in [0.1, 0.15) is 24.2 Å². The summed E-state index contributed by atoms with van der Waals surface area (Å²) < 4.78 is 40.3. The summed E-state index contributed by atoms with van der Waals surface area (Å²) in [6.07, 6.45) is -3.47. The van der Waals surface area contributed by atoms with Gasteiger partial charge in [-0.2, -0.15) is 13.2 Å². The van der Waals surface area contributed by atoms with E-state index in [1.165, 1.54) is 6.07 Å². The minimum Gasteiger partial charge on any atom is -0.480 e. The lowest BCUT2D eigenvalue weighted by Crippen LogP contribution is -2.44. The number of nitrogens with zero attached hydrogens (tertiary/aromatic N) is 1. The van der Waals surface area contributed by atoms with Gasteiger partial charge in [0.1, 0.15) is 6.04 Å². The van der Waals surface area contributed by atoms with E-state index in [0.29, 0.717) is 0 Å². The molecule has 22 heavy (non-hydrogen) atoms. The van der Waals surface area contributed by atoms with E-state index >= 15 is 0 Å². The molecule has 0 radical (unpaired) electrons. The Labute approximate surface area is 124 Å². The maximum absolute atomic E-state index is 12.0. The highest BCUT2D eigenvalue weighted by atomic mass is 19.4. The van der Waals surface area contributed by atoms with Crippen LogP contribution in [0.5, 0.6) is 5.88 Å². The molecule has 1 unspecified atom stereocenters. The highest BCUT2D eigenvalue weighted by Crippen LogP contribution is 2.17. The predicted molar refractivity (Wildman–Crippen MR) is 69.5 cm³/mol. The van der Waals surface area contributed by atoms with Gasteiger partial charge in [0.2, 0.25) is 5.88 Å². The van der Waals surface area contributed by atoms with Gasteiger partial charge < -0.3 is 15.2 Å². The second kappa shape index (κ2) is 7.10. The van der Waals surface area contributed by atoms with Gasteiger partial charge in [0.15, 0.2) is 6.61 Å². The maximum atomic E-state index is 12.0. The van der Waals surface area contributed by atoms with Gasteiger partial charge in [0, 0.05) is 12.3 Å². The van der Waals surface area contributed by atoms with Crippen molar-refractivity contribution in [2.45, 2.75) is 26.1 Å². The van der Waals surface area contributed by atoms with Crippen molar-refractivity contribution in [3.8, 4) is 5.88 Å². The Morgan fingerprint density at radius 2 is 2.00 bits per heavy atom. The van der Waals surface area contributed by atoms with Gasteiger partial charge in [-0.1, -0.05) is 13.8 Å². The number of ether oxygens (including phenoxy) is 1. The van der Waals surface area contributed by atoms with Gasteiger partial charge >= 0.3 is 12.1 Å². The number of pyridine rings is 1. The molecule has 1 heterocycles. The molecular weight excluding hydrogens is 305 g/mol. The maximum Gasteiger partial charge on any atom is 0.422 e. The number of carbonyl (C=O) groups is 2. The summed E-state index contributed by atoms with van der Waals surface area (Å²) in [5.74, 6) is -2.48. The Bertz CT molecular complexity index is 529. The molecule has 0 saturated heterocycles. The molecule has 1 rings (SSSR count). The largest absolute Gasteiger partial charge is 0.480 e. The number of carboxylic acids is 1. The third-order valence-corrected chi connectivity index (χ3v) is 2.60. The number of amides is 1. The minimum absolute atomic E-state index is 0.0197. The summed E-state index contributed by atoms with van der Waals surface area (Å²) >= 11 is 0. The molecule has 1 amide bonds. The van der Waals surface area contributed by atoms with Crippen LogP contribution in [0.25, 0.3) is 0 Å². The van der Waals surface area contributed by atoms with Crippen molar-refractivity contribution < 1.29 is 32.6 Å². The summed E-state index contributed by atoms with van der Waals surface area (Å²) in [6, 6.07) is 1.23. The van der Waals surface area contributed by atoms with Gasteiger partial charge in [-0.25, -0.2) is 9.78 Å². The van der Waals surface area contributed by atoms with Crippen LogP contribution in [0.3, 0.4) is 0 Å². The molecule has 0 aliphatic rings. The molecule has 9 heteroatoms. The topological polar surface area (TPSA) is 88.5 Å². The zero-order valence-electron chi connectivity index (χ0n) is 11.8. The first-order valence-corrected chi connectivity index (χ1v) is 6.29. The van der Waals surface area contributed by atoms with Gasteiger partial charge in [0.25, 0.3) is 5.91 Å². The number of rotatable bonds is 6.